The lowest BCUT2D eigenvalue weighted by atomic mass is 10.0. The van der Waals surface area contributed by atoms with Crippen LogP contribution in [0.1, 0.15) is 23.5 Å². The van der Waals surface area contributed by atoms with Gasteiger partial charge in [0, 0.05) is 23.3 Å². The first kappa shape index (κ1) is 18.0. The van der Waals surface area contributed by atoms with Crippen LogP contribution in [-0.4, -0.2) is 33.3 Å². The van der Waals surface area contributed by atoms with Crippen LogP contribution in [0.15, 0.2) is 65.2 Å². The second-order valence-corrected chi connectivity index (χ2v) is 7.08. The Kier molecular flexibility index (Phi) is 5.11. The fourth-order valence-corrected chi connectivity index (χ4v) is 3.80. The first-order valence-electron chi connectivity index (χ1n) is 8.62. The fraction of sp³-hybridized carbons (Fsp3) is 0.200. The molecule has 3 aromatic rings. The van der Waals surface area contributed by atoms with E-state index in [0.717, 1.165) is 22.8 Å². The second kappa shape index (κ2) is 7.68. The Morgan fingerprint density at radius 3 is 2.67 bits per heavy atom. The third-order valence-electron chi connectivity index (χ3n) is 4.59. The number of aliphatic hydroxyl groups is 1. The lowest BCUT2D eigenvalue weighted by molar-refractivity contribution is 0.209. The minimum Gasteiger partial charge on any atom is -0.459 e. The number of hydrogen-bond donors (Lipinski definition) is 2. The normalized spacial score (nSPS) is 19.3. The summed E-state index contributed by atoms with van der Waals surface area (Å²) in [6.07, 6.45) is 1.76. The molecule has 1 aliphatic rings. The van der Waals surface area contributed by atoms with Crippen molar-refractivity contribution in [2.24, 2.45) is 0 Å². The van der Waals surface area contributed by atoms with E-state index in [1.165, 1.54) is 0 Å². The Labute approximate surface area is 167 Å². The zero-order valence-corrected chi connectivity index (χ0v) is 16.0. The summed E-state index contributed by atoms with van der Waals surface area (Å²) in [6, 6.07) is 16.8. The van der Waals surface area contributed by atoms with Gasteiger partial charge >= 0.3 is 0 Å². The van der Waals surface area contributed by atoms with Gasteiger partial charge < -0.3 is 19.7 Å². The summed E-state index contributed by atoms with van der Waals surface area (Å²) in [5.41, 5.74) is 1.82. The highest BCUT2D eigenvalue weighted by molar-refractivity contribution is 7.80. The largest absolute Gasteiger partial charge is 0.459 e. The maximum Gasteiger partial charge on any atom is 0.170 e. The van der Waals surface area contributed by atoms with E-state index in [4.69, 9.17) is 28.2 Å². The number of rotatable bonds is 5. The molecule has 4 rings (SSSR count). The van der Waals surface area contributed by atoms with E-state index in [2.05, 4.69) is 10.3 Å². The molecule has 1 saturated heterocycles. The van der Waals surface area contributed by atoms with Gasteiger partial charge in [-0.25, -0.2) is 0 Å². The Morgan fingerprint density at radius 1 is 1.15 bits per heavy atom. The molecule has 3 heterocycles. The first-order valence-corrected chi connectivity index (χ1v) is 9.40. The number of thiocarbonyl (C=S) groups is 1. The highest BCUT2D eigenvalue weighted by Crippen LogP contribution is 2.40. The summed E-state index contributed by atoms with van der Waals surface area (Å²) in [6.45, 7) is 0.412. The van der Waals surface area contributed by atoms with Crippen LogP contribution in [0.2, 0.25) is 5.02 Å². The third-order valence-corrected chi connectivity index (χ3v) is 5.19. The Balaban J connectivity index is 1.71. The van der Waals surface area contributed by atoms with E-state index in [1.54, 1.807) is 6.20 Å². The predicted octanol–water partition coefficient (Wildman–Crippen LogP) is 3.96. The Morgan fingerprint density at radius 2 is 1.96 bits per heavy atom. The number of nitrogens with zero attached hydrogens (tertiary/aromatic N) is 2. The molecule has 1 aliphatic heterocycles. The minimum absolute atomic E-state index is 0.00198. The van der Waals surface area contributed by atoms with Crippen LogP contribution in [0.4, 0.5) is 0 Å². The van der Waals surface area contributed by atoms with E-state index in [-0.39, 0.29) is 18.7 Å². The topological polar surface area (TPSA) is 61.5 Å². The Hall–Kier alpha value is -2.41. The summed E-state index contributed by atoms with van der Waals surface area (Å²) in [5, 5.41) is 14.1. The van der Waals surface area contributed by atoms with Crippen molar-refractivity contribution < 1.29 is 9.52 Å². The molecule has 27 heavy (non-hydrogen) atoms. The summed E-state index contributed by atoms with van der Waals surface area (Å²) in [7, 11) is 0. The lowest BCUT2D eigenvalue weighted by Gasteiger charge is -2.25. The van der Waals surface area contributed by atoms with Crippen molar-refractivity contribution in [1.82, 2.24) is 15.2 Å². The third kappa shape index (κ3) is 3.56. The molecule has 2 unspecified atom stereocenters. The van der Waals surface area contributed by atoms with Gasteiger partial charge in [-0.3, -0.25) is 4.98 Å². The maximum absolute atomic E-state index is 9.49. The van der Waals surface area contributed by atoms with Crippen LogP contribution in [-0.2, 0) is 0 Å². The van der Waals surface area contributed by atoms with Crippen LogP contribution in [0.25, 0.3) is 11.3 Å². The van der Waals surface area contributed by atoms with Gasteiger partial charge in [-0.2, -0.15) is 0 Å². The second-order valence-electron chi connectivity index (χ2n) is 6.25. The molecule has 0 bridgehead atoms. The molecule has 0 spiro atoms. The fourth-order valence-electron chi connectivity index (χ4n) is 3.34. The van der Waals surface area contributed by atoms with Crippen LogP contribution in [0, 0.1) is 0 Å². The van der Waals surface area contributed by atoms with Crippen molar-refractivity contribution in [3.63, 3.8) is 0 Å². The van der Waals surface area contributed by atoms with Gasteiger partial charge in [-0.1, -0.05) is 17.7 Å². The zero-order valence-electron chi connectivity index (χ0n) is 14.4. The molecule has 1 fully saturated rings. The SMILES string of the molecule is OCCN1C(=S)NC(c2ccccn2)C1c1ccc(-c2ccc(Cl)cc2)o1. The molecule has 2 atom stereocenters. The van der Waals surface area contributed by atoms with Gasteiger partial charge in [0.15, 0.2) is 5.11 Å². The van der Waals surface area contributed by atoms with Gasteiger partial charge in [-0.05, 0) is 60.7 Å². The molecule has 0 saturated carbocycles. The van der Waals surface area contributed by atoms with Gasteiger partial charge in [0.05, 0.1) is 18.3 Å². The molecule has 5 nitrogen and oxygen atoms in total. The molecular formula is C20H18ClN3O2S. The molecule has 0 aliphatic carbocycles. The van der Waals surface area contributed by atoms with Crippen molar-refractivity contribution in [3.05, 3.63) is 77.3 Å². The number of nitrogens with one attached hydrogen (secondary N) is 1. The van der Waals surface area contributed by atoms with E-state index < -0.39 is 0 Å². The highest BCUT2D eigenvalue weighted by atomic mass is 35.5. The summed E-state index contributed by atoms with van der Waals surface area (Å²) in [4.78, 5) is 6.42. The summed E-state index contributed by atoms with van der Waals surface area (Å²) < 4.78 is 6.18. The summed E-state index contributed by atoms with van der Waals surface area (Å²) >= 11 is 11.5. The number of aromatic nitrogens is 1. The number of aliphatic hydroxyl groups excluding tert-OH is 1. The van der Waals surface area contributed by atoms with E-state index in [1.807, 2.05) is 59.5 Å². The minimum atomic E-state index is -0.194. The van der Waals surface area contributed by atoms with Gasteiger partial charge in [0.1, 0.15) is 17.6 Å². The monoisotopic (exact) mass is 399 g/mol. The average molecular weight is 400 g/mol. The number of halogens is 1. The van der Waals surface area contributed by atoms with Crippen LogP contribution in [0.3, 0.4) is 0 Å². The first-order chi connectivity index (χ1) is 13.2. The average Bonchev–Trinajstić information content (AvgIpc) is 3.29. The molecule has 2 aromatic heterocycles. The number of benzene rings is 1. The van der Waals surface area contributed by atoms with Crippen molar-refractivity contribution in [2.45, 2.75) is 12.1 Å². The molecule has 0 amide bonds. The standard InChI is InChI=1S/C20H18ClN3O2S/c21-14-6-4-13(5-7-14)16-8-9-17(26-16)19-18(15-3-1-2-10-22-15)23-20(27)24(19)11-12-25/h1-10,18-19,25H,11-12H2,(H,23,27). The number of hydrogen-bond acceptors (Lipinski definition) is 4. The van der Waals surface area contributed by atoms with E-state index >= 15 is 0 Å². The molecular weight excluding hydrogens is 382 g/mol. The molecule has 138 valence electrons. The van der Waals surface area contributed by atoms with E-state index in [9.17, 15) is 5.11 Å². The number of pyridine rings is 1. The highest BCUT2D eigenvalue weighted by Gasteiger charge is 2.41. The molecule has 2 N–H and O–H groups in total. The van der Waals surface area contributed by atoms with Crippen molar-refractivity contribution in [1.29, 1.82) is 0 Å². The zero-order chi connectivity index (χ0) is 18.8. The van der Waals surface area contributed by atoms with Crippen LogP contribution < -0.4 is 5.32 Å². The van der Waals surface area contributed by atoms with E-state index in [0.29, 0.717) is 16.7 Å². The van der Waals surface area contributed by atoms with Gasteiger partial charge in [-0.15, -0.1) is 0 Å². The van der Waals surface area contributed by atoms with Gasteiger partial charge in [0.2, 0.25) is 0 Å². The molecule has 1 aromatic carbocycles. The van der Waals surface area contributed by atoms with Crippen molar-refractivity contribution in [2.75, 3.05) is 13.2 Å². The molecule has 0 radical (unpaired) electrons. The maximum atomic E-state index is 9.49. The number of furan rings is 1. The number of β-amino-alcohol motifs (C(OH)–C–C–N with tert-alkyl or cyclic N) is 1. The lowest BCUT2D eigenvalue weighted by Crippen LogP contribution is -2.32. The summed E-state index contributed by atoms with van der Waals surface area (Å²) in [5.74, 6) is 1.51. The molecule has 7 heteroatoms. The van der Waals surface area contributed by atoms with Crippen molar-refractivity contribution >= 4 is 28.9 Å². The van der Waals surface area contributed by atoms with Crippen LogP contribution in [0.5, 0.6) is 0 Å². The smallest absolute Gasteiger partial charge is 0.170 e. The van der Waals surface area contributed by atoms with Gasteiger partial charge in [0.25, 0.3) is 0 Å². The van der Waals surface area contributed by atoms with Crippen molar-refractivity contribution in [3.8, 4) is 11.3 Å². The van der Waals surface area contributed by atoms with Crippen LogP contribution >= 0.6 is 23.8 Å². The Bertz CT molecular complexity index is 930. The quantitative estimate of drug-likeness (QED) is 0.633. The predicted molar refractivity (Wildman–Crippen MR) is 108 cm³/mol.